The van der Waals surface area contributed by atoms with Crippen LogP contribution >= 0.6 is 34.5 Å². The highest BCUT2D eigenvalue weighted by molar-refractivity contribution is 7.20. The van der Waals surface area contributed by atoms with Gasteiger partial charge in [0, 0.05) is 13.0 Å². The second-order valence-electron chi connectivity index (χ2n) is 4.00. The Balaban J connectivity index is 2.41. The summed E-state index contributed by atoms with van der Waals surface area (Å²) in [5.41, 5.74) is 0.936. The molecule has 0 aliphatic carbocycles. The van der Waals surface area contributed by atoms with Crippen molar-refractivity contribution in [3.8, 4) is 0 Å². The summed E-state index contributed by atoms with van der Waals surface area (Å²) >= 11 is 13.1. The van der Waals surface area contributed by atoms with Crippen molar-refractivity contribution < 1.29 is 14.7 Å². The lowest BCUT2D eigenvalue weighted by Crippen LogP contribution is -2.35. The monoisotopic (exact) mass is 323 g/mol. The lowest BCUT2D eigenvalue weighted by molar-refractivity contribution is -0.144. The molecule has 1 amide bonds. The molecule has 1 heterocycles. The van der Waals surface area contributed by atoms with Crippen LogP contribution in [0.2, 0.25) is 8.67 Å². The Kier molecular flexibility index (Phi) is 6.62. The quantitative estimate of drug-likeness (QED) is 0.837. The maximum Gasteiger partial charge on any atom is 0.323 e. The molecule has 0 aromatic carbocycles. The number of amides is 1. The van der Waals surface area contributed by atoms with E-state index < -0.39 is 5.97 Å². The number of carboxylic acid groups (broad SMARTS) is 1. The highest BCUT2D eigenvalue weighted by Crippen LogP contribution is 2.32. The van der Waals surface area contributed by atoms with Crippen LogP contribution in [0.15, 0.2) is 6.07 Å². The van der Waals surface area contributed by atoms with Gasteiger partial charge in [-0.1, -0.05) is 23.2 Å². The maximum absolute atomic E-state index is 11.8. The molecule has 1 N–H and O–H groups in total. The predicted octanol–water partition coefficient (Wildman–Crippen LogP) is 3.31. The molecule has 1 aromatic heterocycles. The lowest BCUT2D eigenvalue weighted by Gasteiger charge is -2.18. The average Bonchev–Trinajstić information content (AvgIpc) is 2.64. The van der Waals surface area contributed by atoms with E-state index in [1.807, 2.05) is 0 Å². The predicted molar refractivity (Wildman–Crippen MR) is 77.2 cm³/mol. The Morgan fingerprint density at radius 1 is 1.42 bits per heavy atom. The number of carboxylic acids is 1. The third kappa shape index (κ3) is 5.38. The number of hydrogen-bond acceptors (Lipinski definition) is 3. The van der Waals surface area contributed by atoms with Crippen LogP contribution in [-0.4, -0.2) is 35.0 Å². The average molecular weight is 324 g/mol. The van der Waals surface area contributed by atoms with Gasteiger partial charge in [0.15, 0.2) is 0 Å². The van der Waals surface area contributed by atoms with E-state index in [-0.39, 0.29) is 12.5 Å². The fourth-order valence-corrected chi connectivity index (χ4v) is 3.22. The number of nitrogens with zero attached hydrogens (tertiary/aromatic N) is 1. The van der Waals surface area contributed by atoms with Crippen molar-refractivity contribution in [3.05, 3.63) is 20.3 Å². The van der Waals surface area contributed by atoms with Crippen LogP contribution in [0.3, 0.4) is 0 Å². The number of aryl methyl sites for hydroxylation is 1. The van der Waals surface area contributed by atoms with Gasteiger partial charge < -0.3 is 10.0 Å². The van der Waals surface area contributed by atoms with E-state index >= 15 is 0 Å². The smallest absolute Gasteiger partial charge is 0.323 e. The van der Waals surface area contributed by atoms with Gasteiger partial charge in [0.05, 0.1) is 8.67 Å². The summed E-state index contributed by atoms with van der Waals surface area (Å²) in [6.45, 7) is 1.91. The molecule has 106 valence electrons. The largest absolute Gasteiger partial charge is 0.480 e. The lowest BCUT2D eigenvalue weighted by atomic mass is 10.1. The zero-order valence-corrected chi connectivity index (χ0v) is 12.8. The van der Waals surface area contributed by atoms with Crippen LogP contribution < -0.4 is 0 Å². The van der Waals surface area contributed by atoms with Gasteiger partial charge in [0.1, 0.15) is 6.54 Å². The van der Waals surface area contributed by atoms with Gasteiger partial charge in [0.2, 0.25) is 5.91 Å². The first-order chi connectivity index (χ1) is 8.93. The molecule has 0 unspecified atom stereocenters. The van der Waals surface area contributed by atoms with Crippen molar-refractivity contribution in [2.24, 2.45) is 0 Å². The van der Waals surface area contributed by atoms with Crippen LogP contribution in [0.4, 0.5) is 0 Å². The van der Waals surface area contributed by atoms with E-state index in [1.54, 1.807) is 13.0 Å². The Bertz CT molecular complexity index is 462. The fourth-order valence-electron chi connectivity index (χ4n) is 1.67. The molecule has 19 heavy (non-hydrogen) atoms. The second kappa shape index (κ2) is 7.72. The summed E-state index contributed by atoms with van der Waals surface area (Å²) in [6.07, 6.45) is 1.60. The molecule has 0 fully saturated rings. The Morgan fingerprint density at radius 3 is 2.58 bits per heavy atom. The van der Waals surface area contributed by atoms with Crippen LogP contribution in [0, 0.1) is 0 Å². The van der Waals surface area contributed by atoms with Crippen molar-refractivity contribution in [1.82, 2.24) is 4.90 Å². The summed E-state index contributed by atoms with van der Waals surface area (Å²) in [5, 5.41) is 8.68. The first-order valence-corrected chi connectivity index (χ1v) is 7.44. The third-order valence-electron chi connectivity index (χ3n) is 2.62. The first-order valence-electron chi connectivity index (χ1n) is 5.87. The minimum Gasteiger partial charge on any atom is -0.480 e. The van der Waals surface area contributed by atoms with E-state index in [0.717, 1.165) is 5.56 Å². The minimum absolute atomic E-state index is 0.151. The van der Waals surface area contributed by atoms with Crippen LogP contribution in [0.5, 0.6) is 0 Å². The summed E-state index contributed by atoms with van der Waals surface area (Å²) < 4.78 is 1.28. The number of aliphatic carboxylic acids is 1. The molecular formula is C12H15Cl2NO3S. The summed E-state index contributed by atoms with van der Waals surface area (Å²) in [5.74, 6) is -1.15. The van der Waals surface area contributed by atoms with E-state index in [1.165, 1.54) is 16.2 Å². The van der Waals surface area contributed by atoms with Gasteiger partial charge in [-0.3, -0.25) is 9.59 Å². The van der Waals surface area contributed by atoms with E-state index in [4.69, 9.17) is 28.3 Å². The SMILES string of the molecule is CCN(CC(=O)O)C(=O)CCCc1cc(Cl)sc1Cl. The number of carbonyl (C=O) groups excluding carboxylic acids is 1. The molecule has 0 saturated heterocycles. The number of carbonyl (C=O) groups is 2. The summed E-state index contributed by atoms with van der Waals surface area (Å²) in [4.78, 5) is 23.7. The number of rotatable bonds is 7. The number of likely N-dealkylation sites (N-methyl/N-ethyl adjacent to an activating group) is 1. The van der Waals surface area contributed by atoms with E-state index in [2.05, 4.69) is 0 Å². The van der Waals surface area contributed by atoms with Crippen LogP contribution in [0.25, 0.3) is 0 Å². The minimum atomic E-state index is -0.997. The number of hydrogen-bond donors (Lipinski definition) is 1. The molecule has 1 aromatic rings. The molecule has 1 rings (SSSR count). The van der Waals surface area contributed by atoms with E-state index in [0.29, 0.717) is 34.5 Å². The topological polar surface area (TPSA) is 57.6 Å². The van der Waals surface area contributed by atoms with Crippen molar-refractivity contribution in [1.29, 1.82) is 0 Å². The summed E-state index contributed by atoms with van der Waals surface area (Å²) in [6, 6.07) is 1.80. The van der Waals surface area contributed by atoms with Crippen molar-refractivity contribution in [3.63, 3.8) is 0 Å². The zero-order valence-electron chi connectivity index (χ0n) is 10.5. The highest BCUT2D eigenvalue weighted by Gasteiger charge is 2.15. The molecule has 0 atom stereocenters. The summed E-state index contributed by atoms with van der Waals surface area (Å²) in [7, 11) is 0. The second-order valence-corrected chi connectivity index (χ2v) is 6.29. The Hall–Kier alpha value is -0.780. The molecule has 0 bridgehead atoms. The highest BCUT2D eigenvalue weighted by atomic mass is 35.5. The van der Waals surface area contributed by atoms with Crippen molar-refractivity contribution >= 4 is 46.4 Å². The maximum atomic E-state index is 11.8. The van der Waals surface area contributed by atoms with Gasteiger partial charge in [-0.2, -0.15) is 0 Å². The third-order valence-corrected chi connectivity index (χ3v) is 4.19. The molecule has 0 saturated carbocycles. The van der Waals surface area contributed by atoms with Crippen molar-refractivity contribution in [2.45, 2.75) is 26.2 Å². The van der Waals surface area contributed by atoms with Gasteiger partial charge in [0.25, 0.3) is 0 Å². The standard InChI is InChI=1S/C12H15Cl2NO3S/c1-2-15(7-11(17)18)10(16)5-3-4-8-6-9(13)19-12(8)14/h6H,2-5,7H2,1H3,(H,17,18). The molecule has 4 nitrogen and oxygen atoms in total. The Labute approximate surface area is 125 Å². The molecular weight excluding hydrogens is 309 g/mol. The fraction of sp³-hybridized carbons (Fsp3) is 0.500. The van der Waals surface area contributed by atoms with Gasteiger partial charge in [-0.05, 0) is 31.4 Å². The van der Waals surface area contributed by atoms with E-state index in [9.17, 15) is 9.59 Å². The number of halogens is 2. The molecule has 7 heteroatoms. The van der Waals surface area contributed by atoms with Crippen molar-refractivity contribution in [2.75, 3.05) is 13.1 Å². The van der Waals surface area contributed by atoms with Crippen LogP contribution in [-0.2, 0) is 16.0 Å². The number of thiophene rings is 1. The Morgan fingerprint density at radius 2 is 2.11 bits per heavy atom. The molecule has 0 aliphatic rings. The normalized spacial score (nSPS) is 10.5. The van der Waals surface area contributed by atoms with Gasteiger partial charge in [-0.25, -0.2) is 0 Å². The zero-order chi connectivity index (χ0) is 14.4. The molecule has 0 aliphatic heterocycles. The van der Waals surface area contributed by atoms with Gasteiger partial charge >= 0.3 is 5.97 Å². The first kappa shape index (κ1) is 16.3. The van der Waals surface area contributed by atoms with Crippen LogP contribution in [0.1, 0.15) is 25.3 Å². The van der Waals surface area contributed by atoms with Gasteiger partial charge in [-0.15, -0.1) is 11.3 Å². The molecule has 0 spiro atoms. The molecule has 0 radical (unpaired) electrons.